The quantitative estimate of drug-likeness (QED) is 0.414. The highest BCUT2D eigenvalue weighted by Gasteiger charge is 2.47. The lowest BCUT2D eigenvalue weighted by Crippen LogP contribution is -2.33. The summed E-state index contributed by atoms with van der Waals surface area (Å²) in [4.78, 5) is 8.58. The Labute approximate surface area is 156 Å². The number of hydrogen-bond donors (Lipinski definition) is 1. The van der Waals surface area contributed by atoms with Crippen LogP contribution in [-0.2, 0) is 5.60 Å². The molecule has 0 unspecified atom stereocenters. The number of aliphatic hydroxyl groups is 1. The van der Waals surface area contributed by atoms with Crippen molar-refractivity contribution in [3.63, 3.8) is 0 Å². The number of halogens is 1. The van der Waals surface area contributed by atoms with Crippen LogP contribution in [0.25, 0.3) is 28.1 Å². The van der Waals surface area contributed by atoms with Crippen LogP contribution in [0.4, 0.5) is 0 Å². The van der Waals surface area contributed by atoms with Gasteiger partial charge in [0.25, 0.3) is 11.4 Å². The molecule has 1 fully saturated rings. The summed E-state index contributed by atoms with van der Waals surface area (Å²) < 4.78 is 7.61. The van der Waals surface area contributed by atoms with Gasteiger partial charge in [0.05, 0.1) is 5.02 Å². The van der Waals surface area contributed by atoms with Gasteiger partial charge in [-0.3, -0.25) is 4.40 Å². The van der Waals surface area contributed by atoms with E-state index in [2.05, 4.69) is 15.1 Å². The van der Waals surface area contributed by atoms with E-state index in [0.29, 0.717) is 40.0 Å². The zero-order chi connectivity index (χ0) is 18.9. The molecular formula is C17H11ClN6O3. The van der Waals surface area contributed by atoms with E-state index in [1.54, 1.807) is 23.5 Å². The first-order valence-corrected chi connectivity index (χ1v) is 8.51. The van der Waals surface area contributed by atoms with Gasteiger partial charge in [0, 0.05) is 6.92 Å². The van der Waals surface area contributed by atoms with Crippen LogP contribution in [0.5, 0.6) is 0 Å². The van der Waals surface area contributed by atoms with E-state index >= 15 is 0 Å². The molecule has 3 heterocycles. The highest BCUT2D eigenvalue weighted by atomic mass is 35.5. The zero-order valence-corrected chi connectivity index (χ0v) is 14.7. The number of rotatable bonds is 2. The first-order chi connectivity index (χ1) is 12.9. The molecule has 0 bridgehead atoms. The number of nitrogens with zero attached hydrogens (tertiary/aromatic N) is 6. The van der Waals surface area contributed by atoms with Gasteiger partial charge < -0.3 is 14.8 Å². The molecule has 9 nitrogen and oxygen atoms in total. The Morgan fingerprint density at radius 1 is 1.44 bits per heavy atom. The fraction of sp³-hybridized carbons (Fsp3) is 0.235. The first kappa shape index (κ1) is 16.0. The summed E-state index contributed by atoms with van der Waals surface area (Å²) in [6.45, 7) is 1.61. The third-order valence-electron chi connectivity index (χ3n) is 4.86. The maximum absolute atomic E-state index is 12.9. The molecule has 1 aromatic carbocycles. The second-order valence-electron chi connectivity index (χ2n) is 6.55. The van der Waals surface area contributed by atoms with E-state index < -0.39 is 5.60 Å². The molecule has 0 spiro atoms. The number of benzene rings is 1. The van der Waals surface area contributed by atoms with E-state index in [-0.39, 0.29) is 27.8 Å². The minimum Gasteiger partial charge on any atom is -0.618 e. The molecule has 134 valence electrons. The van der Waals surface area contributed by atoms with E-state index in [0.717, 1.165) is 0 Å². The highest BCUT2D eigenvalue weighted by Crippen LogP contribution is 2.44. The van der Waals surface area contributed by atoms with Crippen LogP contribution in [0, 0.1) is 23.5 Å². The van der Waals surface area contributed by atoms with Gasteiger partial charge in [0.2, 0.25) is 11.5 Å². The Hall–Kier alpha value is -3.22. The predicted octanol–water partition coefficient (Wildman–Crippen LogP) is 1.99. The maximum atomic E-state index is 12.9. The molecule has 1 N–H and O–H groups in total. The number of imidazole rings is 1. The highest BCUT2D eigenvalue weighted by molar-refractivity contribution is 6.32. The summed E-state index contributed by atoms with van der Waals surface area (Å²) in [6.07, 6.45) is 2.68. The number of fused-ring (bicyclic) bond motifs is 3. The van der Waals surface area contributed by atoms with Gasteiger partial charge in [-0.15, -0.1) is 0 Å². The average molecular weight is 383 g/mol. The minimum atomic E-state index is -1.03. The summed E-state index contributed by atoms with van der Waals surface area (Å²) in [5, 5.41) is 36.5. The molecular weight excluding hydrogens is 372 g/mol. The third-order valence-corrected chi connectivity index (χ3v) is 5.18. The minimum absolute atomic E-state index is 0.0976. The fourth-order valence-corrected chi connectivity index (χ4v) is 3.40. The molecule has 3 aromatic heterocycles. The van der Waals surface area contributed by atoms with Gasteiger partial charge in [-0.25, -0.2) is 4.98 Å². The Balaban J connectivity index is 1.82. The van der Waals surface area contributed by atoms with Gasteiger partial charge in [0.15, 0.2) is 5.69 Å². The molecule has 0 amide bonds. The summed E-state index contributed by atoms with van der Waals surface area (Å²) >= 11 is 6.07. The van der Waals surface area contributed by atoms with Crippen LogP contribution < -0.4 is 4.73 Å². The molecule has 10 heteroatoms. The standard InChI is InChI=1S/C17H11ClN6O3/c1-8-13-12(15-21-16(22-27-15)17(25)4-5-17)20-7-23(13)11-3-2-10(18)9(6-19)14(11)24(8)26/h2-3,7,25H,4-5H2,1H3. The maximum Gasteiger partial charge on any atom is 0.279 e. The van der Waals surface area contributed by atoms with Crippen molar-refractivity contribution in [3.05, 3.63) is 45.8 Å². The molecule has 1 aliphatic carbocycles. The van der Waals surface area contributed by atoms with Crippen molar-refractivity contribution in [1.29, 1.82) is 5.26 Å². The summed E-state index contributed by atoms with van der Waals surface area (Å²) in [5.74, 6) is 0.329. The van der Waals surface area contributed by atoms with Crippen LogP contribution in [0.2, 0.25) is 5.02 Å². The van der Waals surface area contributed by atoms with Crippen LogP contribution in [0.1, 0.15) is 29.9 Å². The van der Waals surface area contributed by atoms with Crippen LogP contribution in [0.3, 0.4) is 0 Å². The molecule has 5 rings (SSSR count). The molecule has 4 aromatic rings. The summed E-state index contributed by atoms with van der Waals surface area (Å²) in [5.41, 5.74) is 0.815. The van der Waals surface area contributed by atoms with Crippen molar-refractivity contribution in [3.8, 4) is 17.7 Å². The van der Waals surface area contributed by atoms with Crippen LogP contribution >= 0.6 is 11.6 Å². The van der Waals surface area contributed by atoms with Crippen molar-refractivity contribution in [2.45, 2.75) is 25.4 Å². The molecule has 1 saturated carbocycles. The second kappa shape index (κ2) is 5.16. The number of nitriles is 1. The SMILES string of the molecule is Cc1c2c(-c3nc(C4(O)CC4)no3)ncn2c2ccc(Cl)c(C#N)c2[n+]1[O-]. The number of aromatic nitrogens is 5. The van der Waals surface area contributed by atoms with Gasteiger partial charge in [-0.05, 0) is 25.0 Å². The Kier molecular flexibility index (Phi) is 3.05. The van der Waals surface area contributed by atoms with E-state index in [9.17, 15) is 15.6 Å². The lowest BCUT2D eigenvalue weighted by atomic mass is 10.1. The second-order valence-corrected chi connectivity index (χ2v) is 6.96. The Bertz CT molecular complexity index is 1300. The van der Waals surface area contributed by atoms with Crippen molar-refractivity contribution < 1.29 is 14.4 Å². The van der Waals surface area contributed by atoms with E-state index in [1.165, 1.54) is 6.33 Å². The Morgan fingerprint density at radius 2 is 2.22 bits per heavy atom. The molecule has 1 aliphatic rings. The number of aryl methyl sites for hydroxylation is 1. The van der Waals surface area contributed by atoms with Crippen molar-refractivity contribution in [2.75, 3.05) is 0 Å². The molecule has 0 saturated heterocycles. The van der Waals surface area contributed by atoms with Crippen molar-refractivity contribution in [2.24, 2.45) is 0 Å². The van der Waals surface area contributed by atoms with Crippen molar-refractivity contribution >= 4 is 28.2 Å². The smallest absolute Gasteiger partial charge is 0.279 e. The molecule has 27 heavy (non-hydrogen) atoms. The number of hydrogen-bond acceptors (Lipinski definition) is 7. The average Bonchev–Trinajstić information content (AvgIpc) is 3.09. The largest absolute Gasteiger partial charge is 0.618 e. The van der Waals surface area contributed by atoms with Gasteiger partial charge in [-0.2, -0.15) is 15.0 Å². The molecule has 0 aliphatic heterocycles. The van der Waals surface area contributed by atoms with Crippen LogP contribution in [0.15, 0.2) is 23.0 Å². The van der Waals surface area contributed by atoms with Gasteiger partial charge in [-0.1, -0.05) is 16.8 Å². The first-order valence-electron chi connectivity index (χ1n) is 8.13. The van der Waals surface area contributed by atoms with Gasteiger partial charge in [0.1, 0.15) is 34.6 Å². The zero-order valence-electron chi connectivity index (χ0n) is 14.0. The monoisotopic (exact) mass is 382 g/mol. The summed E-state index contributed by atoms with van der Waals surface area (Å²) in [6, 6.07) is 5.19. The van der Waals surface area contributed by atoms with E-state index in [1.807, 2.05) is 6.07 Å². The summed E-state index contributed by atoms with van der Waals surface area (Å²) in [7, 11) is 0. The predicted molar refractivity (Wildman–Crippen MR) is 92.5 cm³/mol. The Morgan fingerprint density at radius 3 is 2.93 bits per heavy atom. The molecule has 0 radical (unpaired) electrons. The van der Waals surface area contributed by atoms with Crippen LogP contribution in [-0.4, -0.2) is 24.6 Å². The normalized spacial score (nSPS) is 15.3. The van der Waals surface area contributed by atoms with E-state index in [4.69, 9.17) is 16.1 Å². The lowest BCUT2D eigenvalue weighted by Gasteiger charge is -2.10. The molecule has 0 atom stereocenters. The van der Waals surface area contributed by atoms with Crippen molar-refractivity contribution in [1.82, 2.24) is 19.5 Å². The third kappa shape index (κ3) is 2.08. The van der Waals surface area contributed by atoms with Gasteiger partial charge >= 0.3 is 0 Å². The topological polar surface area (TPSA) is 127 Å². The lowest BCUT2D eigenvalue weighted by molar-refractivity contribution is -0.583. The fourth-order valence-electron chi connectivity index (χ4n) is 3.21.